The first-order valence-corrected chi connectivity index (χ1v) is 5.22. The van der Waals surface area contributed by atoms with Gasteiger partial charge in [0.25, 0.3) is 0 Å². The SMILES string of the molecule is O=C1N[C@@H](c2ccc(Cl)cc2Br)CO1. The number of amides is 1. The van der Waals surface area contributed by atoms with Gasteiger partial charge in [-0.2, -0.15) is 0 Å². The molecule has 1 N–H and O–H groups in total. The fourth-order valence-corrected chi connectivity index (χ4v) is 2.30. The number of hydrogen-bond donors (Lipinski definition) is 1. The molecule has 14 heavy (non-hydrogen) atoms. The van der Waals surface area contributed by atoms with Gasteiger partial charge in [-0.05, 0) is 17.7 Å². The van der Waals surface area contributed by atoms with Gasteiger partial charge in [-0.15, -0.1) is 0 Å². The Labute approximate surface area is 94.5 Å². The Morgan fingerprint density at radius 3 is 2.93 bits per heavy atom. The van der Waals surface area contributed by atoms with Crippen molar-refractivity contribution in [2.45, 2.75) is 6.04 Å². The van der Waals surface area contributed by atoms with E-state index in [1.165, 1.54) is 0 Å². The number of carbonyl (C=O) groups excluding carboxylic acids is 1. The summed E-state index contributed by atoms with van der Waals surface area (Å²) < 4.78 is 5.68. The van der Waals surface area contributed by atoms with E-state index in [9.17, 15) is 4.79 Å². The Hall–Kier alpha value is -0.740. The molecule has 0 aliphatic carbocycles. The Balaban J connectivity index is 2.28. The van der Waals surface area contributed by atoms with E-state index in [4.69, 9.17) is 16.3 Å². The molecule has 1 aromatic carbocycles. The van der Waals surface area contributed by atoms with Crippen molar-refractivity contribution >= 4 is 33.6 Å². The highest BCUT2D eigenvalue weighted by molar-refractivity contribution is 9.10. The first-order chi connectivity index (χ1) is 6.66. The fraction of sp³-hybridized carbons (Fsp3) is 0.222. The van der Waals surface area contributed by atoms with Crippen LogP contribution in [0.1, 0.15) is 11.6 Å². The van der Waals surface area contributed by atoms with E-state index in [2.05, 4.69) is 21.2 Å². The van der Waals surface area contributed by atoms with Crippen LogP contribution in [0.3, 0.4) is 0 Å². The number of ether oxygens (including phenoxy) is 1. The van der Waals surface area contributed by atoms with E-state index in [0.29, 0.717) is 11.6 Å². The van der Waals surface area contributed by atoms with Crippen molar-refractivity contribution in [3.8, 4) is 0 Å². The maximum absolute atomic E-state index is 10.8. The molecule has 1 fully saturated rings. The summed E-state index contributed by atoms with van der Waals surface area (Å²) in [4.78, 5) is 10.8. The van der Waals surface area contributed by atoms with Gasteiger partial charge in [0.1, 0.15) is 6.61 Å². The van der Waals surface area contributed by atoms with Gasteiger partial charge in [0.2, 0.25) is 0 Å². The van der Waals surface area contributed by atoms with Crippen LogP contribution in [0.25, 0.3) is 0 Å². The van der Waals surface area contributed by atoms with Crippen LogP contribution < -0.4 is 5.32 Å². The number of nitrogens with one attached hydrogen (secondary N) is 1. The molecule has 0 radical (unpaired) electrons. The standard InChI is InChI=1S/C9H7BrClNO2/c10-7-3-5(11)1-2-6(7)8-4-14-9(13)12-8/h1-3,8H,4H2,(H,12,13)/t8-/m1/s1. The lowest BCUT2D eigenvalue weighted by atomic mass is 10.1. The molecule has 74 valence electrons. The van der Waals surface area contributed by atoms with Crippen molar-refractivity contribution in [3.63, 3.8) is 0 Å². The van der Waals surface area contributed by atoms with Gasteiger partial charge in [-0.3, -0.25) is 0 Å². The molecule has 0 unspecified atom stereocenters. The smallest absolute Gasteiger partial charge is 0.407 e. The molecule has 1 atom stereocenters. The summed E-state index contributed by atoms with van der Waals surface area (Å²) in [5, 5.41) is 3.35. The van der Waals surface area contributed by atoms with Gasteiger partial charge < -0.3 is 10.1 Å². The minimum absolute atomic E-state index is 0.0888. The first-order valence-electron chi connectivity index (χ1n) is 4.05. The van der Waals surface area contributed by atoms with Gasteiger partial charge in [0.05, 0.1) is 6.04 Å². The topological polar surface area (TPSA) is 38.3 Å². The average Bonchev–Trinajstić information content (AvgIpc) is 2.51. The third-order valence-electron chi connectivity index (χ3n) is 2.01. The van der Waals surface area contributed by atoms with Gasteiger partial charge >= 0.3 is 6.09 Å². The fourth-order valence-electron chi connectivity index (χ4n) is 1.34. The Bertz CT molecular complexity index is 383. The van der Waals surface area contributed by atoms with Gasteiger partial charge in [-0.25, -0.2) is 4.79 Å². The number of alkyl carbamates (subject to hydrolysis) is 1. The quantitative estimate of drug-likeness (QED) is 0.856. The van der Waals surface area contributed by atoms with Crippen molar-refractivity contribution < 1.29 is 9.53 Å². The summed E-state index contributed by atoms with van der Waals surface area (Å²) in [6, 6.07) is 5.36. The van der Waals surface area contributed by atoms with E-state index in [1.807, 2.05) is 6.07 Å². The molecule has 0 spiro atoms. The van der Waals surface area contributed by atoms with Crippen LogP contribution in [0.4, 0.5) is 4.79 Å². The monoisotopic (exact) mass is 275 g/mol. The van der Waals surface area contributed by atoms with Crippen molar-refractivity contribution in [1.29, 1.82) is 0 Å². The van der Waals surface area contributed by atoms with Crippen molar-refractivity contribution in [3.05, 3.63) is 33.3 Å². The summed E-state index contributed by atoms with van der Waals surface area (Å²) in [5.74, 6) is 0. The average molecular weight is 277 g/mol. The second-order valence-electron chi connectivity index (χ2n) is 2.96. The lowest BCUT2D eigenvalue weighted by Gasteiger charge is -2.09. The second kappa shape index (κ2) is 3.79. The number of hydrogen-bond acceptors (Lipinski definition) is 2. The first kappa shape index (κ1) is 9.80. The van der Waals surface area contributed by atoms with Gasteiger partial charge in [-0.1, -0.05) is 33.6 Å². The Morgan fingerprint density at radius 1 is 1.57 bits per heavy atom. The minimum atomic E-state index is -0.378. The van der Waals surface area contributed by atoms with Crippen LogP contribution in [0.15, 0.2) is 22.7 Å². The third-order valence-corrected chi connectivity index (χ3v) is 2.93. The lowest BCUT2D eigenvalue weighted by Crippen LogP contribution is -2.18. The Kier molecular flexibility index (Phi) is 2.65. The third kappa shape index (κ3) is 1.86. The lowest BCUT2D eigenvalue weighted by molar-refractivity contribution is 0.177. The molecular formula is C9H7BrClNO2. The largest absolute Gasteiger partial charge is 0.447 e. The number of rotatable bonds is 1. The summed E-state index contributed by atoms with van der Waals surface area (Å²) in [6.07, 6.45) is -0.378. The maximum Gasteiger partial charge on any atom is 0.407 e. The number of benzene rings is 1. The van der Waals surface area contributed by atoms with Crippen LogP contribution in [-0.4, -0.2) is 12.7 Å². The van der Waals surface area contributed by atoms with Crippen LogP contribution in [0.2, 0.25) is 5.02 Å². The molecular weight excluding hydrogens is 269 g/mol. The predicted octanol–water partition coefficient (Wildman–Crippen LogP) is 2.88. The molecule has 1 aliphatic rings. The molecule has 1 heterocycles. The zero-order valence-corrected chi connectivity index (χ0v) is 9.43. The van der Waals surface area contributed by atoms with E-state index < -0.39 is 0 Å². The summed E-state index contributed by atoms with van der Waals surface area (Å²) in [5.41, 5.74) is 0.972. The summed E-state index contributed by atoms with van der Waals surface area (Å²) in [6.45, 7) is 0.360. The molecule has 1 saturated heterocycles. The molecule has 5 heteroatoms. The number of carbonyl (C=O) groups is 1. The molecule has 1 amide bonds. The molecule has 0 bridgehead atoms. The molecule has 1 aliphatic heterocycles. The number of halogens is 2. The van der Waals surface area contributed by atoms with E-state index in [0.717, 1.165) is 10.0 Å². The van der Waals surface area contributed by atoms with Crippen molar-refractivity contribution in [2.24, 2.45) is 0 Å². The predicted molar refractivity (Wildman–Crippen MR) is 56.4 cm³/mol. The highest BCUT2D eigenvalue weighted by atomic mass is 79.9. The summed E-state index contributed by atoms with van der Waals surface area (Å²) >= 11 is 9.19. The van der Waals surface area contributed by atoms with Crippen LogP contribution in [0, 0.1) is 0 Å². The molecule has 0 aromatic heterocycles. The molecule has 1 aromatic rings. The Morgan fingerprint density at radius 2 is 2.36 bits per heavy atom. The highest BCUT2D eigenvalue weighted by Crippen LogP contribution is 2.28. The van der Waals surface area contributed by atoms with Gasteiger partial charge in [0.15, 0.2) is 0 Å². The maximum atomic E-state index is 10.8. The molecule has 3 nitrogen and oxygen atoms in total. The normalized spacial score (nSPS) is 20.4. The van der Waals surface area contributed by atoms with E-state index in [-0.39, 0.29) is 12.1 Å². The summed E-state index contributed by atoms with van der Waals surface area (Å²) in [7, 11) is 0. The second-order valence-corrected chi connectivity index (χ2v) is 4.25. The highest BCUT2D eigenvalue weighted by Gasteiger charge is 2.25. The zero-order chi connectivity index (χ0) is 10.1. The van der Waals surface area contributed by atoms with Crippen LogP contribution in [0.5, 0.6) is 0 Å². The zero-order valence-electron chi connectivity index (χ0n) is 7.09. The van der Waals surface area contributed by atoms with Crippen molar-refractivity contribution in [1.82, 2.24) is 5.32 Å². The minimum Gasteiger partial charge on any atom is -0.447 e. The van der Waals surface area contributed by atoms with Crippen LogP contribution >= 0.6 is 27.5 Å². The van der Waals surface area contributed by atoms with Gasteiger partial charge in [0, 0.05) is 9.50 Å². The van der Waals surface area contributed by atoms with E-state index in [1.54, 1.807) is 12.1 Å². The van der Waals surface area contributed by atoms with E-state index >= 15 is 0 Å². The van der Waals surface area contributed by atoms with Crippen molar-refractivity contribution in [2.75, 3.05) is 6.61 Å². The molecule has 2 rings (SSSR count). The van der Waals surface area contributed by atoms with Crippen LogP contribution in [-0.2, 0) is 4.74 Å². The molecule has 0 saturated carbocycles. The number of cyclic esters (lactones) is 1.